The zero-order valence-corrected chi connectivity index (χ0v) is 9.77. The van der Waals surface area contributed by atoms with Crippen LogP contribution < -0.4 is 11.1 Å². The summed E-state index contributed by atoms with van der Waals surface area (Å²) in [5, 5.41) is 11.2. The number of nitrogens with one attached hydrogen (secondary N) is 3. The molecule has 92 valence electrons. The van der Waals surface area contributed by atoms with Crippen LogP contribution in [0.25, 0.3) is 10.9 Å². The number of aromatic nitrogens is 4. The van der Waals surface area contributed by atoms with Gasteiger partial charge in [0.1, 0.15) is 5.82 Å². The summed E-state index contributed by atoms with van der Waals surface area (Å²) in [6.45, 7) is 0.775. The van der Waals surface area contributed by atoms with Gasteiger partial charge in [0.25, 0.3) is 0 Å². The zero-order chi connectivity index (χ0) is 12.4. The first-order valence-corrected chi connectivity index (χ1v) is 5.77. The van der Waals surface area contributed by atoms with Crippen LogP contribution in [0.4, 0.5) is 11.4 Å². The van der Waals surface area contributed by atoms with Crippen LogP contribution in [0.15, 0.2) is 30.7 Å². The topological polar surface area (TPSA) is 95.4 Å². The van der Waals surface area contributed by atoms with Crippen molar-refractivity contribution >= 4 is 22.3 Å². The second-order valence-electron chi connectivity index (χ2n) is 4.11. The summed E-state index contributed by atoms with van der Waals surface area (Å²) >= 11 is 0. The van der Waals surface area contributed by atoms with Crippen LogP contribution in [0.1, 0.15) is 5.82 Å². The third-order valence-electron chi connectivity index (χ3n) is 2.84. The van der Waals surface area contributed by atoms with Crippen molar-refractivity contribution in [3.63, 3.8) is 0 Å². The van der Waals surface area contributed by atoms with E-state index in [1.54, 1.807) is 12.4 Å². The lowest BCUT2D eigenvalue weighted by Gasteiger charge is -2.08. The van der Waals surface area contributed by atoms with Gasteiger partial charge in [-0.05, 0) is 12.1 Å². The Balaban J connectivity index is 1.71. The molecule has 0 unspecified atom stereocenters. The SMILES string of the molecule is Nc1cc2cn[nH]c2cc1NCCc1ncc[nH]1. The number of rotatable bonds is 4. The van der Waals surface area contributed by atoms with Crippen molar-refractivity contribution in [2.45, 2.75) is 6.42 Å². The van der Waals surface area contributed by atoms with E-state index >= 15 is 0 Å². The average molecular weight is 242 g/mol. The van der Waals surface area contributed by atoms with Crippen LogP contribution in [0.2, 0.25) is 0 Å². The summed E-state index contributed by atoms with van der Waals surface area (Å²) in [6.07, 6.45) is 6.16. The molecule has 0 fully saturated rings. The lowest BCUT2D eigenvalue weighted by molar-refractivity contribution is 0.928. The predicted molar refractivity (Wildman–Crippen MR) is 71.3 cm³/mol. The molecule has 5 N–H and O–H groups in total. The molecular formula is C12H14N6. The normalized spacial score (nSPS) is 10.9. The molecule has 0 atom stereocenters. The monoisotopic (exact) mass is 242 g/mol. The molecule has 0 saturated carbocycles. The second kappa shape index (κ2) is 4.40. The van der Waals surface area contributed by atoms with E-state index in [0.29, 0.717) is 0 Å². The van der Waals surface area contributed by atoms with Crippen LogP contribution in [0.3, 0.4) is 0 Å². The van der Waals surface area contributed by atoms with Gasteiger partial charge < -0.3 is 16.0 Å². The van der Waals surface area contributed by atoms with Gasteiger partial charge in [0, 0.05) is 30.7 Å². The molecule has 0 aliphatic heterocycles. The number of fused-ring (bicyclic) bond motifs is 1. The van der Waals surface area contributed by atoms with Gasteiger partial charge in [0.05, 0.1) is 23.1 Å². The molecule has 6 nitrogen and oxygen atoms in total. The molecule has 0 saturated heterocycles. The Morgan fingerprint density at radius 3 is 3.11 bits per heavy atom. The van der Waals surface area contributed by atoms with Gasteiger partial charge in [-0.3, -0.25) is 5.10 Å². The third-order valence-corrected chi connectivity index (χ3v) is 2.84. The lowest BCUT2D eigenvalue weighted by atomic mass is 10.2. The van der Waals surface area contributed by atoms with E-state index in [1.807, 2.05) is 18.3 Å². The number of imidazole rings is 1. The van der Waals surface area contributed by atoms with Gasteiger partial charge in [-0.1, -0.05) is 0 Å². The molecule has 0 bridgehead atoms. The maximum atomic E-state index is 5.98. The van der Waals surface area contributed by atoms with Crippen molar-refractivity contribution < 1.29 is 0 Å². The van der Waals surface area contributed by atoms with Gasteiger partial charge in [-0.15, -0.1) is 0 Å². The highest BCUT2D eigenvalue weighted by Gasteiger charge is 2.03. The Labute approximate surface area is 104 Å². The highest BCUT2D eigenvalue weighted by Crippen LogP contribution is 2.24. The number of benzene rings is 1. The molecule has 3 aromatic rings. The predicted octanol–water partition coefficient (Wildman–Crippen LogP) is 1.52. The average Bonchev–Trinajstić information content (AvgIpc) is 3.00. The minimum Gasteiger partial charge on any atom is -0.397 e. The smallest absolute Gasteiger partial charge is 0.107 e. The molecule has 0 spiro atoms. The number of H-pyrrole nitrogens is 2. The first kappa shape index (κ1) is 10.6. The Bertz CT molecular complexity index is 640. The molecule has 6 heteroatoms. The molecular weight excluding hydrogens is 228 g/mol. The van der Waals surface area contributed by atoms with Crippen molar-refractivity contribution in [2.24, 2.45) is 0 Å². The van der Waals surface area contributed by atoms with Crippen LogP contribution in [-0.2, 0) is 6.42 Å². The van der Waals surface area contributed by atoms with Crippen molar-refractivity contribution in [2.75, 3.05) is 17.6 Å². The first-order valence-electron chi connectivity index (χ1n) is 5.77. The number of nitrogen functional groups attached to an aromatic ring is 1. The van der Waals surface area contributed by atoms with Gasteiger partial charge in [0.2, 0.25) is 0 Å². The Hall–Kier alpha value is -2.50. The number of nitrogens with two attached hydrogens (primary N) is 1. The molecule has 0 amide bonds. The maximum absolute atomic E-state index is 5.98. The van der Waals surface area contributed by atoms with E-state index in [0.717, 1.165) is 41.1 Å². The van der Waals surface area contributed by atoms with E-state index in [2.05, 4.69) is 25.5 Å². The number of nitrogens with zero attached hydrogens (tertiary/aromatic N) is 2. The minimum absolute atomic E-state index is 0.725. The quantitative estimate of drug-likeness (QED) is 0.522. The summed E-state index contributed by atoms with van der Waals surface area (Å²) in [6, 6.07) is 3.88. The third kappa shape index (κ3) is 2.00. The number of hydrogen-bond donors (Lipinski definition) is 4. The van der Waals surface area contributed by atoms with Crippen LogP contribution >= 0.6 is 0 Å². The van der Waals surface area contributed by atoms with Crippen molar-refractivity contribution in [3.8, 4) is 0 Å². The Morgan fingerprint density at radius 2 is 2.28 bits per heavy atom. The standard InChI is InChI=1S/C12H14N6/c13-9-5-8-7-17-18-10(8)6-11(9)14-2-1-12-15-3-4-16-12/h3-7,14H,1-2,13H2,(H,15,16)(H,17,18). The van der Waals surface area contributed by atoms with E-state index in [9.17, 15) is 0 Å². The Morgan fingerprint density at radius 1 is 1.33 bits per heavy atom. The fourth-order valence-corrected chi connectivity index (χ4v) is 1.91. The first-order chi connectivity index (χ1) is 8.83. The molecule has 1 aromatic carbocycles. The molecule has 0 radical (unpaired) electrons. The van der Waals surface area contributed by atoms with E-state index in [-0.39, 0.29) is 0 Å². The molecule has 2 aromatic heterocycles. The summed E-state index contributed by atoms with van der Waals surface area (Å²) in [5.74, 6) is 0.962. The largest absolute Gasteiger partial charge is 0.397 e. The van der Waals surface area contributed by atoms with Gasteiger partial charge in [-0.25, -0.2) is 4.98 Å². The van der Waals surface area contributed by atoms with Crippen molar-refractivity contribution in [1.29, 1.82) is 0 Å². The zero-order valence-electron chi connectivity index (χ0n) is 9.77. The number of hydrogen-bond acceptors (Lipinski definition) is 4. The Kier molecular flexibility index (Phi) is 2.60. The van der Waals surface area contributed by atoms with Gasteiger partial charge in [0.15, 0.2) is 0 Å². The fourth-order valence-electron chi connectivity index (χ4n) is 1.91. The molecule has 0 aliphatic rings. The number of aromatic amines is 2. The highest BCUT2D eigenvalue weighted by molar-refractivity contribution is 5.88. The van der Waals surface area contributed by atoms with Gasteiger partial charge >= 0.3 is 0 Å². The summed E-state index contributed by atoms with van der Waals surface area (Å²) in [4.78, 5) is 7.23. The van der Waals surface area contributed by atoms with Gasteiger partial charge in [-0.2, -0.15) is 5.10 Å². The molecule has 0 aliphatic carbocycles. The molecule has 3 rings (SSSR count). The lowest BCUT2D eigenvalue weighted by Crippen LogP contribution is -2.07. The van der Waals surface area contributed by atoms with Crippen LogP contribution in [0, 0.1) is 0 Å². The van der Waals surface area contributed by atoms with E-state index in [4.69, 9.17) is 5.73 Å². The fraction of sp³-hybridized carbons (Fsp3) is 0.167. The molecule has 18 heavy (non-hydrogen) atoms. The van der Waals surface area contributed by atoms with E-state index in [1.165, 1.54) is 0 Å². The van der Waals surface area contributed by atoms with Crippen LogP contribution in [-0.4, -0.2) is 26.7 Å². The second-order valence-corrected chi connectivity index (χ2v) is 4.11. The number of anilines is 2. The molecule has 2 heterocycles. The van der Waals surface area contributed by atoms with Crippen molar-refractivity contribution in [1.82, 2.24) is 20.2 Å². The summed E-state index contributed by atoms with van der Waals surface area (Å²) < 4.78 is 0. The summed E-state index contributed by atoms with van der Waals surface area (Å²) in [7, 11) is 0. The van der Waals surface area contributed by atoms with Crippen molar-refractivity contribution in [3.05, 3.63) is 36.5 Å². The summed E-state index contributed by atoms with van der Waals surface area (Å²) in [5.41, 5.74) is 8.59. The van der Waals surface area contributed by atoms with E-state index < -0.39 is 0 Å². The van der Waals surface area contributed by atoms with Crippen LogP contribution in [0.5, 0.6) is 0 Å². The minimum atomic E-state index is 0.725. The highest BCUT2D eigenvalue weighted by atomic mass is 15.1. The maximum Gasteiger partial charge on any atom is 0.107 e.